The molecule has 0 unspecified atom stereocenters. The molecule has 0 bridgehead atoms. The number of nitrogens with zero attached hydrogens (tertiary/aromatic N) is 1. The molecule has 0 heterocycles. The molecule has 0 saturated heterocycles. The number of nitrogens with one attached hydrogen (secondary N) is 1. The van der Waals surface area contributed by atoms with Crippen molar-refractivity contribution in [3.63, 3.8) is 0 Å². The molecule has 1 aromatic carbocycles. The number of benzene rings is 1. The van der Waals surface area contributed by atoms with Crippen LogP contribution >= 0.6 is 11.8 Å². The summed E-state index contributed by atoms with van der Waals surface area (Å²) in [5, 5.41) is 14.2. The molecular formula is C14H22N2O3S. The topological polar surface area (TPSA) is 64.4 Å². The number of nitro benzene ring substituents is 1. The minimum Gasteiger partial charge on any atom is -0.491 e. The Morgan fingerprint density at radius 1 is 1.40 bits per heavy atom. The summed E-state index contributed by atoms with van der Waals surface area (Å²) in [6, 6.07) is 4.78. The van der Waals surface area contributed by atoms with E-state index in [1.807, 2.05) is 20.1 Å². The van der Waals surface area contributed by atoms with Crippen molar-refractivity contribution in [2.75, 3.05) is 18.1 Å². The van der Waals surface area contributed by atoms with E-state index in [2.05, 4.69) is 19.2 Å². The lowest BCUT2D eigenvalue weighted by molar-refractivity contribution is -0.384. The van der Waals surface area contributed by atoms with Gasteiger partial charge in [0.15, 0.2) is 0 Å². The lowest BCUT2D eigenvalue weighted by atomic mass is 10.2. The van der Waals surface area contributed by atoms with Crippen LogP contribution in [0.2, 0.25) is 0 Å². The van der Waals surface area contributed by atoms with E-state index >= 15 is 0 Å². The molecule has 1 aromatic rings. The molecule has 112 valence electrons. The maximum Gasteiger partial charge on any atom is 0.275 e. The average Bonchev–Trinajstić information content (AvgIpc) is 2.35. The summed E-state index contributed by atoms with van der Waals surface area (Å²) in [5.74, 6) is 0.513. The molecule has 0 radical (unpaired) electrons. The number of non-ortho nitro benzene ring substituents is 1. The number of ether oxygens (including phenoxy) is 1. The molecule has 1 N–H and O–H groups in total. The minimum absolute atomic E-state index is 0.0208. The van der Waals surface area contributed by atoms with E-state index in [1.54, 1.807) is 17.8 Å². The largest absolute Gasteiger partial charge is 0.491 e. The molecular weight excluding hydrogens is 276 g/mol. The fourth-order valence-electron chi connectivity index (χ4n) is 1.52. The summed E-state index contributed by atoms with van der Waals surface area (Å²) >= 11 is 1.74. The monoisotopic (exact) mass is 298 g/mol. The predicted molar refractivity (Wildman–Crippen MR) is 84.9 cm³/mol. The van der Waals surface area contributed by atoms with Crippen LogP contribution in [0.25, 0.3) is 0 Å². The highest BCUT2D eigenvalue weighted by Crippen LogP contribution is 2.28. The van der Waals surface area contributed by atoms with Gasteiger partial charge in [-0.15, -0.1) is 0 Å². The number of rotatable bonds is 7. The molecule has 0 amide bonds. The van der Waals surface area contributed by atoms with Gasteiger partial charge in [-0.3, -0.25) is 10.1 Å². The zero-order chi connectivity index (χ0) is 15.3. The maximum absolute atomic E-state index is 11.0. The van der Waals surface area contributed by atoms with Gasteiger partial charge in [-0.1, -0.05) is 0 Å². The van der Waals surface area contributed by atoms with Gasteiger partial charge in [0.2, 0.25) is 0 Å². The van der Waals surface area contributed by atoms with Crippen LogP contribution in [0.1, 0.15) is 27.7 Å². The van der Waals surface area contributed by atoms with E-state index in [0.29, 0.717) is 11.4 Å². The summed E-state index contributed by atoms with van der Waals surface area (Å²) in [6.45, 7) is 8.74. The number of thioether (sulfide) groups is 1. The summed E-state index contributed by atoms with van der Waals surface area (Å²) in [6.07, 6.45) is 2.02. The van der Waals surface area contributed by atoms with Gasteiger partial charge in [0, 0.05) is 29.1 Å². The highest BCUT2D eigenvalue weighted by atomic mass is 32.2. The molecule has 0 saturated carbocycles. The number of hydrogen-bond acceptors (Lipinski definition) is 5. The first-order valence-electron chi connectivity index (χ1n) is 6.48. The van der Waals surface area contributed by atoms with Gasteiger partial charge in [-0.2, -0.15) is 11.8 Å². The Balaban J connectivity index is 2.94. The maximum atomic E-state index is 11.0. The number of nitro groups is 1. The fraction of sp³-hybridized carbons (Fsp3) is 0.571. The first-order valence-corrected chi connectivity index (χ1v) is 7.71. The van der Waals surface area contributed by atoms with Gasteiger partial charge in [0.1, 0.15) is 5.75 Å². The van der Waals surface area contributed by atoms with Crippen molar-refractivity contribution >= 4 is 23.1 Å². The van der Waals surface area contributed by atoms with E-state index in [4.69, 9.17) is 4.74 Å². The zero-order valence-electron chi connectivity index (χ0n) is 12.6. The van der Waals surface area contributed by atoms with Crippen molar-refractivity contribution in [3.8, 4) is 5.75 Å². The molecule has 0 spiro atoms. The highest BCUT2D eigenvalue weighted by molar-refractivity contribution is 7.99. The van der Waals surface area contributed by atoms with Crippen LogP contribution in [-0.4, -0.2) is 28.6 Å². The van der Waals surface area contributed by atoms with Crippen molar-refractivity contribution in [2.45, 2.75) is 38.5 Å². The van der Waals surface area contributed by atoms with Crippen LogP contribution in [0.4, 0.5) is 11.4 Å². The van der Waals surface area contributed by atoms with Crippen LogP contribution < -0.4 is 10.1 Å². The van der Waals surface area contributed by atoms with Crippen LogP contribution in [0.5, 0.6) is 5.75 Å². The lowest BCUT2D eigenvalue weighted by Crippen LogP contribution is -2.25. The predicted octanol–water partition coefficient (Wildman–Crippen LogP) is 3.94. The Morgan fingerprint density at radius 2 is 2.05 bits per heavy atom. The third-order valence-electron chi connectivity index (χ3n) is 2.74. The lowest BCUT2D eigenvalue weighted by Gasteiger charge is -2.23. The first kappa shape index (κ1) is 16.6. The molecule has 6 heteroatoms. The number of anilines is 1. The molecule has 0 fully saturated rings. The normalized spacial score (nSPS) is 11.5. The third-order valence-corrected chi connectivity index (χ3v) is 3.99. The van der Waals surface area contributed by atoms with Crippen molar-refractivity contribution in [3.05, 3.63) is 28.3 Å². The quantitative estimate of drug-likeness (QED) is 0.610. The van der Waals surface area contributed by atoms with E-state index in [9.17, 15) is 10.1 Å². The Bertz CT molecular complexity index is 475. The van der Waals surface area contributed by atoms with Crippen LogP contribution in [-0.2, 0) is 0 Å². The fourth-order valence-corrected chi connectivity index (χ4v) is 1.73. The van der Waals surface area contributed by atoms with Crippen LogP contribution in [0.3, 0.4) is 0 Å². The highest BCUT2D eigenvalue weighted by Gasteiger charge is 2.17. The van der Waals surface area contributed by atoms with Gasteiger partial charge in [-0.05, 0) is 34.0 Å². The smallest absolute Gasteiger partial charge is 0.275 e. The molecule has 0 aromatic heterocycles. The van der Waals surface area contributed by atoms with Crippen molar-refractivity contribution in [1.29, 1.82) is 0 Å². The first-order chi connectivity index (χ1) is 9.23. The minimum atomic E-state index is -0.405. The molecule has 20 heavy (non-hydrogen) atoms. The second-order valence-corrected chi connectivity index (χ2v) is 6.97. The number of hydrogen-bond donors (Lipinski definition) is 1. The second-order valence-electron chi connectivity index (χ2n) is 5.46. The standard InChI is InChI=1S/C14H22N2O3S/c1-10(2)19-13-7-11(6-12(8-13)16(17)18)15-9-14(3,4)20-5/h6-8,10,15H,9H2,1-5H3. The Hall–Kier alpha value is -1.43. The van der Waals surface area contributed by atoms with Crippen molar-refractivity contribution < 1.29 is 9.66 Å². The molecule has 1 rings (SSSR count). The zero-order valence-corrected chi connectivity index (χ0v) is 13.4. The van der Waals surface area contributed by atoms with Gasteiger partial charge < -0.3 is 10.1 Å². The SMILES string of the molecule is CSC(C)(C)CNc1cc(OC(C)C)cc([N+](=O)[O-])c1. The molecule has 5 nitrogen and oxygen atoms in total. The Morgan fingerprint density at radius 3 is 2.55 bits per heavy atom. The summed E-state index contributed by atoms with van der Waals surface area (Å²) in [5.41, 5.74) is 0.740. The summed E-state index contributed by atoms with van der Waals surface area (Å²) in [7, 11) is 0. The Labute approximate surface area is 124 Å². The second kappa shape index (κ2) is 6.83. The van der Waals surface area contributed by atoms with Crippen LogP contribution in [0, 0.1) is 10.1 Å². The van der Waals surface area contributed by atoms with Crippen molar-refractivity contribution in [2.24, 2.45) is 0 Å². The van der Waals surface area contributed by atoms with Gasteiger partial charge in [-0.25, -0.2) is 0 Å². The van der Waals surface area contributed by atoms with Gasteiger partial charge in [0.25, 0.3) is 5.69 Å². The third kappa shape index (κ3) is 5.28. The van der Waals surface area contributed by atoms with E-state index in [0.717, 1.165) is 6.54 Å². The molecule has 0 atom stereocenters. The van der Waals surface area contributed by atoms with Gasteiger partial charge in [0.05, 0.1) is 17.1 Å². The molecule has 0 aliphatic rings. The average molecular weight is 298 g/mol. The summed E-state index contributed by atoms with van der Waals surface area (Å²) < 4.78 is 5.61. The van der Waals surface area contributed by atoms with E-state index in [-0.39, 0.29) is 16.5 Å². The molecule has 0 aliphatic carbocycles. The Kier molecular flexibility index (Phi) is 5.68. The van der Waals surface area contributed by atoms with Crippen molar-refractivity contribution in [1.82, 2.24) is 0 Å². The molecule has 0 aliphatic heterocycles. The summed E-state index contributed by atoms with van der Waals surface area (Å²) in [4.78, 5) is 10.6. The van der Waals surface area contributed by atoms with E-state index in [1.165, 1.54) is 12.1 Å². The van der Waals surface area contributed by atoms with Crippen LogP contribution in [0.15, 0.2) is 18.2 Å². The van der Waals surface area contributed by atoms with E-state index < -0.39 is 4.92 Å². The van der Waals surface area contributed by atoms with Gasteiger partial charge >= 0.3 is 0 Å².